The molecule has 0 unspecified atom stereocenters. The second-order valence-corrected chi connectivity index (χ2v) is 6.13. The number of aryl methyl sites for hydroxylation is 1. The quantitative estimate of drug-likeness (QED) is 0.762. The van der Waals surface area contributed by atoms with Gasteiger partial charge in [-0.2, -0.15) is 8.42 Å². The minimum absolute atomic E-state index is 0.124. The van der Waals surface area contributed by atoms with Crippen molar-refractivity contribution in [3.8, 4) is 0 Å². The fourth-order valence-corrected chi connectivity index (χ4v) is 2.94. The van der Waals surface area contributed by atoms with Crippen LogP contribution in [0.15, 0.2) is 29.2 Å². The van der Waals surface area contributed by atoms with Crippen LogP contribution in [0.25, 0.3) is 0 Å². The van der Waals surface area contributed by atoms with E-state index in [1.165, 1.54) is 0 Å². The van der Waals surface area contributed by atoms with Crippen LogP contribution in [0.5, 0.6) is 0 Å². The minimum atomic E-state index is -3.56. The molecule has 0 heterocycles. The van der Waals surface area contributed by atoms with E-state index in [2.05, 4.69) is 6.92 Å². The Morgan fingerprint density at radius 2 is 1.75 bits per heavy atom. The zero-order valence-electron chi connectivity index (χ0n) is 9.51. The van der Waals surface area contributed by atoms with Crippen LogP contribution in [0.4, 0.5) is 0 Å². The first-order valence-electron chi connectivity index (χ1n) is 5.47. The molecular formula is C12H16O3S. The van der Waals surface area contributed by atoms with Gasteiger partial charge in [0.15, 0.2) is 0 Å². The van der Waals surface area contributed by atoms with Gasteiger partial charge in [-0.25, -0.2) is 0 Å². The molecule has 3 nitrogen and oxygen atoms in total. The zero-order valence-corrected chi connectivity index (χ0v) is 10.3. The first-order valence-corrected chi connectivity index (χ1v) is 6.88. The van der Waals surface area contributed by atoms with E-state index in [0.29, 0.717) is 5.92 Å². The summed E-state index contributed by atoms with van der Waals surface area (Å²) in [4.78, 5) is 0.248. The smallest absolute Gasteiger partial charge is 0.263 e. The van der Waals surface area contributed by atoms with Gasteiger partial charge >= 0.3 is 0 Å². The Morgan fingerprint density at radius 3 is 2.25 bits per heavy atom. The van der Waals surface area contributed by atoms with Crippen molar-refractivity contribution in [3.05, 3.63) is 29.8 Å². The lowest BCUT2D eigenvalue weighted by Gasteiger charge is -2.31. The van der Waals surface area contributed by atoms with Crippen LogP contribution in [-0.4, -0.2) is 14.5 Å². The first-order chi connectivity index (χ1) is 7.47. The molecule has 1 aliphatic carbocycles. The maximum absolute atomic E-state index is 11.8. The van der Waals surface area contributed by atoms with Crippen LogP contribution in [0.1, 0.15) is 25.3 Å². The Morgan fingerprint density at radius 1 is 1.19 bits per heavy atom. The molecule has 0 atom stereocenters. The van der Waals surface area contributed by atoms with Gasteiger partial charge in [-0.15, -0.1) is 0 Å². The van der Waals surface area contributed by atoms with E-state index in [0.717, 1.165) is 18.4 Å². The summed E-state index contributed by atoms with van der Waals surface area (Å²) in [6, 6.07) is 6.73. The van der Waals surface area contributed by atoms with E-state index in [-0.39, 0.29) is 11.0 Å². The third-order valence-electron chi connectivity index (χ3n) is 2.90. The van der Waals surface area contributed by atoms with Crippen LogP contribution in [0, 0.1) is 12.8 Å². The molecule has 0 bridgehead atoms. The fraction of sp³-hybridized carbons (Fsp3) is 0.500. The van der Waals surface area contributed by atoms with Crippen LogP contribution < -0.4 is 0 Å². The van der Waals surface area contributed by atoms with Gasteiger partial charge in [-0.05, 0) is 37.8 Å². The van der Waals surface area contributed by atoms with E-state index in [1.807, 2.05) is 6.92 Å². The molecule has 0 spiro atoms. The molecule has 1 saturated carbocycles. The van der Waals surface area contributed by atoms with Crippen molar-refractivity contribution in [3.63, 3.8) is 0 Å². The summed E-state index contributed by atoms with van der Waals surface area (Å²) in [6.45, 7) is 4.02. The number of rotatable bonds is 3. The zero-order chi connectivity index (χ0) is 11.8. The lowest BCUT2D eigenvalue weighted by molar-refractivity contribution is 0.0801. The molecule has 1 aromatic rings. The van der Waals surface area contributed by atoms with Crippen molar-refractivity contribution in [1.29, 1.82) is 0 Å². The molecule has 0 aromatic heterocycles. The van der Waals surface area contributed by atoms with Gasteiger partial charge in [0, 0.05) is 0 Å². The molecule has 0 aliphatic heterocycles. The molecule has 88 valence electrons. The first kappa shape index (κ1) is 11.6. The maximum Gasteiger partial charge on any atom is 0.297 e. The number of benzene rings is 1. The largest absolute Gasteiger partial charge is 0.297 e. The summed E-state index contributed by atoms with van der Waals surface area (Å²) in [5, 5.41) is 0. The second kappa shape index (κ2) is 4.18. The number of hydrogen-bond acceptors (Lipinski definition) is 3. The third kappa shape index (κ3) is 2.44. The van der Waals surface area contributed by atoms with E-state index >= 15 is 0 Å². The van der Waals surface area contributed by atoms with Crippen molar-refractivity contribution in [2.75, 3.05) is 0 Å². The molecule has 1 aromatic carbocycles. The molecule has 2 rings (SSSR count). The van der Waals surface area contributed by atoms with Crippen molar-refractivity contribution in [2.45, 2.75) is 37.7 Å². The summed E-state index contributed by atoms with van der Waals surface area (Å²) in [5.74, 6) is 0.582. The molecular weight excluding hydrogens is 224 g/mol. The molecule has 0 radical (unpaired) electrons. The molecule has 0 saturated heterocycles. The van der Waals surface area contributed by atoms with Gasteiger partial charge in [0.1, 0.15) is 0 Å². The molecule has 1 aliphatic rings. The SMILES string of the molecule is Cc1ccc(S(=O)(=O)O[C@H]2C[C@@H](C)C2)cc1. The topological polar surface area (TPSA) is 43.4 Å². The van der Waals surface area contributed by atoms with Gasteiger partial charge in [0.25, 0.3) is 10.1 Å². The average Bonchev–Trinajstić information content (AvgIpc) is 2.15. The molecule has 0 N–H and O–H groups in total. The summed E-state index contributed by atoms with van der Waals surface area (Å²) in [7, 11) is -3.56. The van der Waals surface area contributed by atoms with Gasteiger partial charge in [0.2, 0.25) is 0 Å². The van der Waals surface area contributed by atoms with E-state index in [1.54, 1.807) is 24.3 Å². The highest BCUT2D eigenvalue weighted by Crippen LogP contribution is 2.31. The van der Waals surface area contributed by atoms with Crippen LogP contribution in [0.2, 0.25) is 0 Å². The van der Waals surface area contributed by atoms with Gasteiger partial charge in [-0.1, -0.05) is 24.6 Å². The molecule has 16 heavy (non-hydrogen) atoms. The Hall–Kier alpha value is -0.870. The van der Waals surface area contributed by atoms with Crippen molar-refractivity contribution in [1.82, 2.24) is 0 Å². The highest BCUT2D eigenvalue weighted by molar-refractivity contribution is 7.86. The third-order valence-corrected chi connectivity index (χ3v) is 4.28. The Labute approximate surface area is 96.6 Å². The van der Waals surface area contributed by atoms with E-state index < -0.39 is 10.1 Å². The van der Waals surface area contributed by atoms with Crippen LogP contribution >= 0.6 is 0 Å². The Bertz CT molecular complexity index is 456. The van der Waals surface area contributed by atoms with Crippen LogP contribution in [0.3, 0.4) is 0 Å². The van der Waals surface area contributed by atoms with Gasteiger partial charge in [-0.3, -0.25) is 4.18 Å². The highest BCUT2D eigenvalue weighted by Gasteiger charge is 2.31. The van der Waals surface area contributed by atoms with Crippen molar-refractivity contribution >= 4 is 10.1 Å². The molecule has 4 heteroatoms. The fourth-order valence-electron chi connectivity index (χ4n) is 1.85. The van der Waals surface area contributed by atoms with Crippen molar-refractivity contribution in [2.24, 2.45) is 5.92 Å². The van der Waals surface area contributed by atoms with Crippen LogP contribution in [-0.2, 0) is 14.3 Å². The van der Waals surface area contributed by atoms with E-state index in [4.69, 9.17) is 4.18 Å². The normalized spacial score (nSPS) is 25.1. The Balaban J connectivity index is 2.10. The van der Waals surface area contributed by atoms with Gasteiger partial charge < -0.3 is 0 Å². The Kier molecular flexibility index (Phi) is 3.04. The van der Waals surface area contributed by atoms with Gasteiger partial charge in [0.05, 0.1) is 11.0 Å². The molecule has 0 amide bonds. The lowest BCUT2D eigenvalue weighted by atomic mass is 9.84. The molecule has 1 fully saturated rings. The van der Waals surface area contributed by atoms with Crippen molar-refractivity contribution < 1.29 is 12.6 Å². The summed E-state index contributed by atoms with van der Waals surface area (Å²) >= 11 is 0. The summed E-state index contributed by atoms with van der Waals surface area (Å²) in [6.07, 6.45) is 1.55. The standard InChI is InChI=1S/C12H16O3S/c1-9-3-5-12(6-4-9)16(13,14)15-11-7-10(2)8-11/h3-6,10-11H,7-8H2,1-2H3/t10-,11+. The minimum Gasteiger partial charge on any atom is -0.263 e. The monoisotopic (exact) mass is 240 g/mol. The maximum atomic E-state index is 11.8. The summed E-state index contributed by atoms with van der Waals surface area (Å²) in [5.41, 5.74) is 1.04. The lowest BCUT2D eigenvalue weighted by Crippen LogP contribution is -2.31. The predicted octanol–water partition coefficient (Wildman–Crippen LogP) is 2.50. The average molecular weight is 240 g/mol. The summed E-state index contributed by atoms with van der Waals surface area (Å²) < 4.78 is 28.8. The second-order valence-electron chi connectivity index (χ2n) is 4.56. The predicted molar refractivity (Wildman–Crippen MR) is 61.6 cm³/mol. The number of hydrogen-bond donors (Lipinski definition) is 0. The van der Waals surface area contributed by atoms with E-state index in [9.17, 15) is 8.42 Å². The highest BCUT2D eigenvalue weighted by atomic mass is 32.2.